The van der Waals surface area contributed by atoms with E-state index in [9.17, 15) is 4.79 Å². The number of pyridine rings is 1. The topological polar surface area (TPSA) is 62.2 Å². The number of piperidine rings is 1. The van der Waals surface area contributed by atoms with Crippen molar-refractivity contribution < 1.29 is 4.79 Å². The summed E-state index contributed by atoms with van der Waals surface area (Å²) in [5, 5.41) is 0. The van der Waals surface area contributed by atoms with E-state index in [4.69, 9.17) is 9.97 Å². The van der Waals surface area contributed by atoms with E-state index in [0.29, 0.717) is 5.91 Å². The van der Waals surface area contributed by atoms with E-state index in [-0.39, 0.29) is 12.0 Å². The molecule has 0 radical (unpaired) electrons. The summed E-state index contributed by atoms with van der Waals surface area (Å²) in [6.07, 6.45) is 12.6. The van der Waals surface area contributed by atoms with Crippen molar-refractivity contribution in [2.45, 2.75) is 77.2 Å². The molecule has 1 amide bonds. The molecule has 0 bridgehead atoms. The van der Waals surface area contributed by atoms with E-state index in [0.717, 1.165) is 94.0 Å². The number of fused-ring (bicyclic) bond motifs is 1. The Hall–Kier alpha value is -2.50. The summed E-state index contributed by atoms with van der Waals surface area (Å²) in [7, 11) is 0. The van der Waals surface area contributed by atoms with Crippen LogP contribution in [0.3, 0.4) is 0 Å². The van der Waals surface area contributed by atoms with Crippen molar-refractivity contribution in [1.82, 2.24) is 19.9 Å². The summed E-state index contributed by atoms with van der Waals surface area (Å²) in [5.74, 6) is 2.51. The van der Waals surface area contributed by atoms with Gasteiger partial charge >= 0.3 is 0 Å². The van der Waals surface area contributed by atoms with E-state index in [2.05, 4.69) is 33.8 Å². The van der Waals surface area contributed by atoms with Crippen LogP contribution < -0.4 is 4.90 Å². The maximum Gasteiger partial charge on any atom is 0.226 e. The summed E-state index contributed by atoms with van der Waals surface area (Å²) in [4.78, 5) is 32.5. The molecule has 1 saturated carbocycles. The number of likely N-dealkylation sites (tertiary alicyclic amines) is 1. The van der Waals surface area contributed by atoms with Crippen LogP contribution in [0, 0.1) is 12.8 Å². The van der Waals surface area contributed by atoms with Gasteiger partial charge in [0, 0.05) is 55.1 Å². The summed E-state index contributed by atoms with van der Waals surface area (Å²) in [6, 6.07) is 6.14. The molecule has 32 heavy (non-hydrogen) atoms. The van der Waals surface area contributed by atoms with Crippen molar-refractivity contribution in [3.63, 3.8) is 0 Å². The average Bonchev–Trinajstić information content (AvgIpc) is 3.38. The Balaban J connectivity index is 1.40. The maximum absolute atomic E-state index is 13.3. The van der Waals surface area contributed by atoms with Gasteiger partial charge in [0.15, 0.2) is 5.82 Å². The quantitative estimate of drug-likeness (QED) is 0.699. The molecule has 1 atom stereocenters. The lowest BCUT2D eigenvalue weighted by atomic mass is 9.97. The average molecular weight is 434 g/mol. The Bertz CT molecular complexity index is 941. The molecule has 0 unspecified atom stereocenters. The summed E-state index contributed by atoms with van der Waals surface area (Å²) in [5.41, 5.74) is 3.49. The zero-order valence-electron chi connectivity index (χ0n) is 19.3. The number of hydrogen-bond acceptors (Lipinski definition) is 5. The second-order valence-electron chi connectivity index (χ2n) is 9.66. The van der Waals surface area contributed by atoms with Crippen molar-refractivity contribution >= 4 is 11.7 Å². The fourth-order valence-electron chi connectivity index (χ4n) is 5.74. The van der Waals surface area contributed by atoms with E-state index < -0.39 is 0 Å². The van der Waals surface area contributed by atoms with Crippen LogP contribution in [0.4, 0.5) is 5.82 Å². The van der Waals surface area contributed by atoms with Gasteiger partial charge in [0.05, 0.1) is 6.04 Å². The zero-order valence-corrected chi connectivity index (χ0v) is 19.3. The highest BCUT2D eigenvalue weighted by molar-refractivity contribution is 5.79. The van der Waals surface area contributed by atoms with Crippen molar-refractivity contribution in [3.8, 4) is 0 Å². The highest BCUT2D eigenvalue weighted by Gasteiger charge is 2.36. The molecule has 6 nitrogen and oxygen atoms in total. The molecule has 0 N–H and O–H groups in total. The summed E-state index contributed by atoms with van der Waals surface area (Å²) in [6.45, 7) is 4.90. The Morgan fingerprint density at radius 1 is 1.03 bits per heavy atom. The van der Waals surface area contributed by atoms with E-state index in [1.54, 1.807) is 0 Å². The van der Waals surface area contributed by atoms with Crippen LogP contribution in [0.25, 0.3) is 0 Å². The number of aromatic nitrogens is 3. The first-order valence-electron chi connectivity index (χ1n) is 12.5. The smallest absolute Gasteiger partial charge is 0.226 e. The van der Waals surface area contributed by atoms with Crippen LogP contribution >= 0.6 is 0 Å². The van der Waals surface area contributed by atoms with Crippen LogP contribution in [0.15, 0.2) is 24.4 Å². The molecule has 6 heteroatoms. The first-order valence-corrected chi connectivity index (χ1v) is 12.5. The number of aryl methyl sites for hydroxylation is 1. The lowest BCUT2D eigenvalue weighted by Crippen LogP contribution is -2.42. The largest absolute Gasteiger partial charge is 0.356 e. The molecule has 2 aromatic heterocycles. The van der Waals surface area contributed by atoms with Gasteiger partial charge in [-0.1, -0.05) is 18.9 Å². The standard InChI is InChI=1S/C26H35N5O/c1-19-22-12-8-16-30(18-14-21-11-4-6-15-27-21)25(22)29-24(28-19)23-13-5-7-17-31(23)26(32)20-9-2-3-10-20/h4,6,11,15,20,23H,2-3,5,7-10,12-14,16-18H2,1H3/t23-/m0/s1. The minimum absolute atomic E-state index is 0.0282. The van der Waals surface area contributed by atoms with Crippen molar-refractivity contribution in [2.75, 3.05) is 24.5 Å². The fourth-order valence-corrected chi connectivity index (χ4v) is 5.74. The molecule has 5 rings (SSSR count). The number of carbonyl (C=O) groups is 1. The molecule has 1 saturated heterocycles. The number of amides is 1. The Morgan fingerprint density at radius 2 is 1.88 bits per heavy atom. The van der Waals surface area contributed by atoms with E-state index in [1.807, 2.05) is 12.3 Å². The van der Waals surface area contributed by atoms with Gasteiger partial charge in [-0.3, -0.25) is 9.78 Å². The van der Waals surface area contributed by atoms with Gasteiger partial charge in [0.25, 0.3) is 0 Å². The molecule has 2 aliphatic heterocycles. The van der Waals surface area contributed by atoms with Gasteiger partial charge in [-0.2, -0.15) is 0 Å². The van der Waals surface area contributed by atoms with Crippen molar-refractivity contribution in [2.24, 2.45) is 5.92 Å². The lowest BCUT2D eigenvalue weighted by molar-refractivity contribution is -0.139. The summed E-state index contributed by atoms with van der Waals surface area (Å²) < 4.78 is 0. The third-order valence-corrected chi connectivity index (χ3v) is 7.52. The van der Waals surface area contributed by atoms with Gasteiger partial charge in [-0.15, -0.1) is 0 Å². The second kappa shape index (κ2) is 9.55. The van der Waals surface area contributed by atoms with Crippen LogP contribution in [0.5, 0.6) is 0 Å². The minimum atomic E-state index is 0.0282. The molecule has 0 aromatic carbocycles. The number of anilines is 1. The van der Waals surface area contributed by atoms with Gasteiger partial charge in [0.1, 0.15) is 5.82 Å². The predicted octanol–water partition coefficient (Wildman–Crippen LogP) is 4.42. The Labute approximate surface area is 191 Å². The van der Waals surface area contributed by atoms with Gasteiger partial charge in [-0.05, 0) is 64.0 Å². The molecule has 2 aromatic rings. The molecular formula is C26H35N5O. The minimum Gasteiger partial charge on any atom is -0.356 e. The second-order valence-corrected chi connectivity index (χ2v) is 9.66. The number of hydrogen-bond donors (Lipinski definition) is 0. The van der Waals surface area contributed by atoms with Gasteiger partial charge in [-0.25, -0.2) is 9.97 Å². The Morgan fingerprint density at radius 3 is 2.69 bits per heavy atom. The fraction of sp³-hybridized carbons (Fsp3) is 0.615. The maximum atomic E-state index is 13.3. The van der Waals surface area contributed by atoms with E-state index in [1.165, 1.54) is 18.4 Å². The highest BCUT2D eigenvalue weighted by Crippen LogP contribution is 2.36. The third kappa shape index (κ3) is 4.37. The SMILES string of the molecule is Cc1nc([C@@H]2CCCCN2C(=O)C2CCCC2)nc2c1CCCN2CCc1ccccn1. The monoisotopic (exact) mass is 433 g/mol. The van der Waals surface area contributed by atoms with Crippen LogP contribution in [-0.2, 0) is 17.6 Å². The molecule has 0 spiro atoms. The number of rotatable bonds is 5. The van der Waals surface area contributed by atoms with E-state index >= 15 is 0 Å². The first-order chi connectivity index (χ1) is 15.7. The normalized spacial score (nSPS) is 21.6. The van der Waals surface area contributed by atoms with Crippen molar-refractivity contribution in [1.29, 1.82) is 0 Å². The van der Waals surface area contributed by atoms with Crippen LogP contribution in [0.1, 0.15) is 80.2 Å². The van der Waals surface area contributed by atoms with Crippen LogP contribution in [-0.4, -0.2) is 45.4 Å². The van der Waals surface area contributed by atoms with Crippen molar-refractivity contribution in [3.05, 3.63) is 47.2 Å². The summed E-state index contributed by atoms with van der Waals surface area (Å²) >= 11 is 0. The predicted molar refractivity (Wildman–Crippen MR) is 126 cm³/mol. The lowest BCUT2D eigenvalue weighted by Gasteiger charge is -2.38. The number of nitrogens with zero attached hydrogens (tertiary/aromatic N) is 5. The third-order valence-electron chi connectivity index (χ3n) is 7.52. The van der Waals surface area contributed by atoms with Gasteiger partial charge < -0.3 is 9.80 Å². The molecule has 1 aliphatic carbocycles. The highest BCUT2D eigenvalue weighted by atomic mass is 16.2. The van der Waals surface area contributed by atoms with Gasteiger partial charge in [0.2, 0.25) is 5.91 Å². The van der Waals surface area contributed by atoms with Crippen LogP contribution in [0.2, 0.25) is 0 Å². The molecular weight excluding hydrogens is 398 g/mol. The number of carbonyl (C=O) groups excluding carboxylic acids is 1. The zero-order chi connectivity index (χ0) is 21.9. The first kappa shape index (κ1) is 21.4. The molecule has 3 aliphatic rings. The molecule has 4 heterocycles. The Kier molecular flexibility index (Phi) is 6.37. The molecule has 170 valence electrons. The molecule has 2 fully saturated rings.